The fraction of sp³-hybridized carbons (Fsp3) is 0.438. The highest BCUT2D eigenvalue weighted by Gasteiger charge is 2.22. The Balaban J connectivity index is 3.00. The first-order valence-corrected chi connectivity index (χ1v) is 6.88. The molecular formula is C16H22N2O3. The molecule has 1 aromatic rings. The van der Waals surface area contributed by atoms with Crippen molar-refractivity contribution in [3.63, 3.8) is 0 Å². The molecule has 0 fully saturated rings. The molecule has 0 atom stereocenters. The molecule has 1 N–H and O–H groups in total. The van der Waals surface area contributed by atoms with Gasteiger partial charge in [-0.2, -0.15) is 0 Å². The average Bonchev–Trinajstić information content (AvgIpc) is 2.37. The number of anilines is 1. The first-order valence-electron chi connectivity index (χ1n) is 6.88. The topological polar surface area (TPSA) is 68.3 Å². The lowest BCUT2D eigenvalue weighted by Crippen LogP contribution is -2.28. The van der Waals surface area contributed by atoms with Gasteiger partial charge in [-0.25, -0.2) is 9.78 Å². The van der Waals surface area contributed by atoms with E-state index in [1.54, 1.807) is 19.1 Å². The monoisotopic (exact) mass is 290 g/mol. The summed E-state index contributed by atoms with van der Waals surface area (Å²) in [5.41, 5.74) is 0.923. The zero-order valence-corrected chi connectivity index (χ0v) is 13.2. The number of rotatable bonds is 4. The van der Waals surface area contributed by atoms with Crippen LogP contribution >= 0.6 is 0 Å². The van der Waals surface area contributed by atoms with Crippen molar-refractivity contribution >= 4 is 23.8 Å². The molecule has 1 aromatic heterocycles. The number of esters is 1. The van der Waals surface area contributed by atoms with Gasteiger partial charge in [0.25, 0.3) is 0 Å². The second-order valence-corrected chi connectivity index (χ2v) is 5.68. The molecule has 5 heteroatoms. The maximum Gasteiger partial charge on any atom is 0.330 e. The zero-order chi connectivity index (χ0) is 16.0. The number of pyridine rings is 1. The Morgan fingerprint density at radius 1 is 1.33 bits per heavy atom. The summed E-state index contributed by atoms with van der Waals surface area (Å²) in [5.74, 6) is -0.118. The minimum absolute atomic E-state index is 0.133. The predicted octanol–water partition coefficient (Wildman–Crippen LogP) is 2.95. The Morgan fingerprint density at radius 3 is 2.57 bits per heavy atom. The summed E-state index contributed by atoms with van der Waals surface area (Å²) >= 11 is 0. The Bertz CT molecular complexity index is 557. The van der Waals surface area contributed by atoms with Gasteiger partial charge in [-0.3, -0.25) is 4.79 Å². The van der Waals surface area contributed by atoms with E-state index in [0.29, 0.717) is 18.0 Å². The van der Waals surface area contributed by atoms with Gasteiger partial charge in [0.15, 0.2) is 0 Å². The molecule has 114 valence electrons. The van der Waals surface area contributed by atoms with Gasteiger partial charge in [0.2, 0.25) is 5.91 Å². The molecule has 0 radical (unpaired) electrons. The van der Waals surface area contributed by atoms with Crippen molar-refractivity contribution < 1.29 is 14.3 Å². The highest BCUT2D eigenvalue weighted by molar-refractivity contribution is 5.96. The SMILES string of the molecule is CCOC(=O)/C=C/c1ccc(C)nc1NC(=O)C(C)(C)C. The van der Waals surface area contributed by atoms with Crippen molar-refractivity contribution in [3.8, 4) is 0 Å². The molecule has 0 bridgehead atoms. The number of aryl methyl sites for hydroxylation is 1. The number of hydrogen-bond donors (Lipinski definition) is 1. The molecule has 0 aromatic carbocycles. The van der Waals surface area contributed by atoms with Crippen LogP contribution in [0.3, 0.4) is 0 Å². The number of carbonyl (C=O) groups is 2. The van der Waals surface area contributed by atoms with E-state index in [-0.39, 0.29) is 5.91 Å². The number of carbonyl (C=O) groups excluding carboxylic acids is 2. The minimum Gasteiger partial charge on any atom is -0.463 e. The molecule has 21 heavy (non-hydrogen) atoms. The van der Waals surface area contributed by atoms with Crippen molar-refractivity contribution in [2.24, 2.45) is 5.41 Å². The van der Waals surface area contributed by atoms with Crippen LogP contribution in [0.4, 0.5) is 5.82 Å². The van der Waals surface area contributed by atoms with Crippen LogP contribution in [0.2, 0.25) is 0 Å². The summed E-state index contributed by atoms with van der Waals surface area (Å²) in [6.45, 7) is 9.38. The number of amides is 1. The highest BCUT2D eigenvalue weighted by Crippen LogP contribution is 2.20. The number of aromatic nitrogens is 1. The van der Waals surface area contributed by atoms with Gasteiger partial charge in [0.05, 0.1) is 6.61 Å². The highest BCUT2D eigenvalue weighted by atomic mass is 16.5. The summed E-state index contributed by atoms with van der Waals surface area (Å²) in [5, 5.41) is 2.79. The van der Waals surface area contributed by atoms with E-state index in [1.807, 2.05) is 33.8 Å². The summed E-state index contributed by atoms with van der Waals surface area (Å²) < 4.78 is 4.83. The molecule has 0 aliphatic carbocycles. The van der Waals surface area contributed by atoms with Crippen molar-refractivity contribution in [2.45, 2.75) is 34.6 Å². The molecule has 0 saturated carbocycles. The largest absolute Gasteiger partial charge is 0.463 e. The summed E-state index contributed by atoms with van der Waals surface area (Å²) in [6.07, 6.45) is 2.91. The quantitative estimate of drug-likeness (QED) is 0.684. The van der Waals surface area contributed by atoms with E-state index in [9.17, 15) is 9.59 Å². The Labute approximate surface area is 125 Å². The molecule has 0 aliphatic rings. The van der Waals surface area contributed by atoms with Crippen LogP contribution in [0.5, 0.6) is 0 Å². The van der Waals surface area contributed by atoms with E-state index >= 15 is 0 Å². The van der Waals surface area contributed by atoms with Crippen molar-refractivity contribution in [2.75, 3.05) is 11.9 Å². The zero-order valence-electron chi connectivity index (χ0n) is 13.2. The van der Waals surface area contributed by atoms with Crippen LogP contribution in [-0.4, -0.2) is 23.5 Å². The van der Waals surface area contributed by atoms with Gasteiger partial charge in [-0.1, -0.05) is 20.8 Å². The molecule has 1 heterocycles. The van der Waals surface area contributed by atoms with Crippen LogP contribution in [0.15, 0.2) is 18.2 Å². The normalized spacial score (nSPS) is 11.5. The van der Waals surface area contributed by atoms with Crippen LogP contribution in [0.25, 0.3) is 6.08 Å². The summed E-state index contributed by atoms with van der Waals surface area (Å²) in [4.78, 5) is 27.7. The molecule has 0 unspecified atom stereocenters. The lowest BCUT2D eigenvalue weighted by molar-refractivity contribution is -0.137. The lowest BCUT2D eigenvalue weighted by Gasteiger charge is -2.18. The smallest absolute Gasteiger partial charge is 0.330 e. The Kier molecular flexibility index (Phi) is 5.64. The average molecular weight is 290 g/mol. The first kappa shape index (κ1) is 16.9. The molecule has 0 spiro atoms. The minimum atomic E-state index is -0.520. The van der Waals surface area contributed by atoms with Gasteiger partial charge in [-0.05, 0) is 32.1 Å². The van der Waals surface area contributed by atoms with Crippen LogP contribution in [0.1, 0.15) is 39.0 Å². The van der Waals surface area contributed by atoms with Gasteiger partial charge < -0.3 is 10.1 Å². The molecule has 1 rings (SSSR count). The van der Waals surface area contributed by atoms with E-state index in [2.05, 4.69) is 10.3 Å². The van der Waals surface area contributed by atoms with E-state index in [0.717, 1.165) is 5.69 Å². The summed E-state index contributed by atoms with van der Waals surface area (Å²) in [7, 11) is 0. The van der Waals surface area contributed by atoms with Gasteiger partial charge in [0.1, 0.15) is 5.82 Å². The first-order chi connectivity index (χ1) is 9.74. The molecule has 0 saturated heterocycles. The molecular weight excluding hydrogens is 268 g/mol. The van der Waals surface area contributed by atoms with Crippen molar-refractivity contribution in [3.05, 3.63) is 29.5 Å². The third-order valence-electron chi connectivity index (χ3n) is 2.66. The fourth-order valence-electron chi connectivity index (χ4n) is 1.45. The van der Waals surface area contributed by atoms with Gasteiger partial charge in [0, 0.05) is 22.7 Å². The third kappa shape index (κ3) is 5.38. The number of nitrogens with one attached hydrogen (secondary N) is 1. The molecule has 1 amide bonds. The molecule has 0 aliphatic heterocycles. The number of nitrogens with zero attached hydrogens (tertiary/aromatic N) is 1. The van der Waals surface area contributed by atoms with Crippen LogP contribution < -0.4 is 5.32 Å². The van der Waals surface area contributed by atoms with Gasteiger partial charge >= 0.3 is 5.97 Å². The van der Waals surface area contributed by atoms with E-state index in [4.69, 9.17) is 4.74 Å². The van der Waals surface area contributed by atoms with Crippen LogP contribution in [0, 0.1) is 12.3 Å². The Morgan fingerprint density at radius 2 is 2.00 bits per heavy atom. The predicted molar refractivity (Wildman–Crippen MR) is 82.7 cm³/mol. The molecule has 5 nitrogen and oxygen atoms in total. The lowest BCUT2D eigenvalue weighted by atomic mass is 9.95. The van der Waals surface area contributed by atoms with E-state index in [1.165, 1.54) is 6.08 Å². The third-order valence-corrected chi connectivity index (χ3v) is 2.66. The van der Waals surface area contributed by atoms with Crippen molar-refractivity contribution in [1.82, 2.24) is 4.98 Å². The summed E-state index contributed by atoms with van der Waals surface area (Å²) in [6, 6.07) is 3.62. The second kappa shape index (κ2) is 7.02. The van der Waals surface area contributed by atoms with Crippen molar-refractivity contribution in [1.29, 1.82) is 0 Å². The van der Waals surface area contributed by atoms with Gasteiger partial charge in [-0.15, -0.1) is 0 Å². The number of ether oxygens (including phenoxy) is 1. The maximum atomic E-state index is 12.1. The number of hydrogen-bond acceptors (Lipinski definition) is 4. The standard InChI is InChI=1S/C16H22N2O3/c1-6-21-13(19)10-9-12-8-7-11(2)17-14(12)18-15(20)16(3,4)5/h7-10H,6H2,1-5H3,(H,17,18,20)/b10-9+. The second-order valence-electron chi connectivity index (χ2n) is 5.68. The van der Waals surface area contributed by atoms with E-state index < -0.39 is 11.4 Å². The van der Waals surface area contributed by atoms with Crippen LogP contribution in [-0.2, 0) is 14.3 Å². The maximum absolute atomic E-state index is 12.1. The Hall–Kier alpha value is -2.17. The fourth-order valence-corrected chi connectivity index (χ4v) is 1.45.